The van der Waals surface area contributed by atoms with E-state index >= 15 is 0 Å². The molecule has 0 aliphatic heterocycles. The van der Waals surface area contributed by atoms with Crippen LogP contribution in [0.1, 0.15) is 10.4 Å². The zero-order chi connectivity index (χ0) is 14.2. The van der Waals surface area contributed by atoms with Crippen molar-refractivity contribution in [1.82, 2.24) is 4.57 Å². The predicted octanol–water partition coefficient (Wildman–Crippen LogP) is 2.13. The number of rotatable bonds is 2. The van der Waals surface area contributed by atoms with E-state index in [4.69, 9.17) is 23.1 Å². The van der Waals surface area contributed by atoms with Crippen molar-refractivity contribution >= 4 is 28.5 Å². The first kappa shape index (κ1) is 13.1. The summed E-state index contributed by atoms with van der Waals surface area (Å²) in [7, 11) is 0. The van der Waals surface area contributed by atoms with E-state index in [0.29, 0.717) is 5.52 Å². The Bertz CT molecular complexity index is 789. The molecule has 1 aromatic heterocycles. The summed E-state index contributed by atoms with van der Waals surface area (Å²) < 4.78 is 14.8. The number of benzene rings is 1. The first-order valence-electron chi connectivity index (χ1n) is 5.14. The van der Waals surface area contributed by atoms with Gasteiger partial charge in [0.2, 0.25) is 5.43 Å². The minimum Gasteiger partial charge on any atom is -0.477 e. The number of carboxylic acid groups (broad SMARTS) is 1. The van der Waals surface area contributed by atoms with Gasteiger partial charge in [-0.1, -0.05) is 17.5 Å². The van der Waals surface area contributed by atoms with E-state index in [1.54, 1.807) is 0 Å². The van der Waals surface area contributed by atoms with Crippen molar-refractivity contribution in [2.45, 2.75) is 6.54 Å². The highest BCUT2D eigenvalue weighted by Gasteiger charge is 2.16. The van der Waals surface area contributed by atoms with Crippen LogP contribution in [0.15, 0.2) is 23.1 Å². The van der Waals surface area contributed by atoms with E-state index in [1.807, 2.05) is 0 Å². The second-order valence-electron chi connectivity index (χ2n) is 3.79. The van der Waals surface area contributed by atoms with Gasteiger partial charge in [-0.25, -0.2) is 9.18 Å². The molecule has 19 heavy (non-hydrogen) atoms. The number of aromatic nitrogens is 1. The number of hydrogen-bond donors (Lipinski definition) is 1. The minimum absolute atomic E-state index is 0.0407. The molecule has 0 bridgehead atoms. The number of aromatic carboxylic acids is 1. The van der Waals surface area contributed by atoms with Gasteiger partial charge in [0.05, 0.1) is 17.1 Å². The molecule has 0 radical (unpaired) electrons. The lowest BCUT2D eigenvalue weighted by atomic mass is 10.1. The van der Waals surface area contributed by atoms with Crippen molar-refractivity contribution < 1.29 is 14.3 Å². The largest absolute Gasteiger partial charge is 0.477 e. The van der Waals surface area contributed by atoms with E-state index < -0.39 is 22.8 Å². The highest BCUT2D eigenvalue weighted by molar-refractivity contribution is 6.31. The van der Waals surface area contributed by atoms with Gasteiger partial charge >= 0.3 is 5.97 Å². The summed E-state index contributed by atoms with van der Waals surface area (Å²) >= 11 is 5.66. The van der Waals surface area contributed by atoms with Gasteiger partial charge in [0.25, 0.3) is 0 Å². The molecule has 2 rings (SSSR count). The third-order valence-electron chi connectivity index (χ3n) is 2.61. The zero-order valence-electron chi connectivity index (χ0n) is 9.48. The van der Waals surface area contributed by atoms with Crippen LogP contribution in [0, 0.1) is 18.2 Å². The summed E-state index contributed by atoms with van der Waals surface area (Å²) in [6, 6.07) is 2.16. The number of carbonyl (C=O) groups is 1. The van der Waals surface area contributed by atoms with Crippen LogP contribution in [0.3, 0.4) is 0 Å². The fourth-order valence-electron chi connectivity index (χ4n) is 1.77. The van der Waals surface area contributed by atoms with Crippen molar-refractivity contribution in [2.24, 2.45) is 0 Å². The zero-order valence-corrected chi connectivity index (χ0v) is 10.2. The molecule has 0 atom stereocenters. The molecular formula is C13H7ClFNO3. The van der Waals surface area contributed by atoms with Crippen molar-refractivity contribution in [3.63, 3.8) is 0 Å². The molecule has 4 nitrogen and oxygen atoms in total. The second-order valence-corrected chi connectivity index (χ2v) is 4.20. The highest BCUT2D eigenvalue weighted by Crippen LogP contribution is 2.21. The molecule has 1 aromatic carbocycles. The summed E-state index contributed by atoms with van der Waals surface area (Å²) in [5.74, 6) is 0.141. The Labute approximate surface area is 112 Å². The molecule has 96 valence electrons. The molecular weight excluding hydrogens is 273 g/mol. The van der Waals surface area contributed by atoms with Crippen molar-refractivity contribution in [3.8, 4) is 12.3 Å². The monoisotopic (exact) mass is 279 g/mol. The first-order valence-corrected chi connectivity index (χ1v) is 5.52. The summed E-state index contributed by atoms with van der Waals surface area (Å²) in [5.41, 5.74) is -0.949. The third kappa shape index (κ3) is 2.18. The van der Waals surface area contributed by atoms with E-state index in [2.05, 4.69) is 5.92 Å². The van der Waals surface area contributed by atoms with Gasteiger partial charge in [-0.15, -0.1) is 6.42 Å². The van der Waals surface area contributed by atoms with Gasteiger partial charge in [0, 0.05) is 11.6 Å². The summed E-state index contributed by atoms with van der Waals surface area (Å²) in [4.78, 5) is 22.9. The van der Waals surface area contributed by atoms with Crippen molar-refractivity contribution in [2.75, 3.05) is 0 Å². The number of pyridine rings is 1. The molecule has 2 aromatic rings. The van der Waals surface area contributed by atoms with Gasteiger partial charge in [-0.3, -0.25) is 4.79 Å². The Hall–Kier alpha value is -2.32. The fourth-order valence-corrected chi connectivity index (χ4v) is 1.92. The maximum atomic E-state index is 13.4. The van der Waals surface area contributed by atoms with Gasteiger partial charge in [-0.2, -0.15) is 0 Å². The number of fused-ring (bicyclic) bond motifs is 1. The Morgan fingerprint density at radius 3 is 2.79 bits per heavy atom. The Balaban J connectivity index is 2.97. The molecule has 0 amide bonds. The van der Waals surface area contributed by atoms with E-state index in [0.717, 1.165) is 12.3 Å². The van der Waals surface area contributed by atoms with Gasteiger partial charge < -0.3 is 9.67 Å². The van der Waals surface area contributed by atoms with Gasteiger partial charge in [0.1, 0.15) is 11.4 Å². The smallest absolute Gasteiger partial charge is 0.341 e. The second kappa shape index (κ2) is 4.75. The van der Waals surface area contributed by atoms with Crippen LogP contribution < -0.4 is 5.43 Å². The van der Waals surface area contributed by atoms with Crippen LogP contribution in [0.25, 0.3) is 10.9 Å². The molecule has 6 heteroatoms. The topological polar surface area (TPSA) is 59.3 Å². The Morgan fingerprint density at radius 2 is 2.21 bits per heavy atom. The minimum atomic E-state index is -1.40. The molecule has 0 saturated carbocycles. The van der Waals surface area contributed by atoms with Gasteiger partial charge in [0.15, 0.2) is 0 Å². The van der Waals surface area contributed by atoms with Crippen LogP contribution in [0.4, 0.5) is 4.39 Å². The highest BCUT2D eigenvalue weighted by atomic mass is 35.5. The first-order chi connectivity index (χ1) is 8.95. The average Bonchev–Trinajstić information content (AvgIpc) is 2.35. The normalized spacial score (nSPS) is 10.4. The van der Waals surface area contributed by atoms with Crippen LogP contribution in [0.2, 0.25) is 5.02 Å². The molecule has 1 heterocycles. The van der Waals surface area contributed by atoms with Crippen LogP contribution in [-0.2, 0) is 6.54 Å². The maximum Gasteiger partial charge on any atom is 0.341 e. The number of carboxylic acids is 1. The molecule has 0 aliphatic carbocycles. The SMILES string of the molecule is C#CCn1cc(C(=O)O)c(=O)c2cc(F)c(Cl)cc21. The van der Waals surface area contributed by atoms with E-state index in [1.165, 1.54) is 10.6 Å². The van der Waals surface area contributed by atoms with Crippen LogP contribution >= 0.6 is 11.6 Å². The molecule has 0 fully saturated rings. The van der Waals surface area contributed by atoms with Crippen LogP contribution in [0.5, 0.6) is 0 Å². The quantitative estimate of drug-likeness (QED) is 0.857. The number of halogens is 2. The summed E-state index contributed by atoms with van der Waals surface area (Å²) in [5, 5.41) is 8.72. The number of nitrogens with zero attached hydrogens (tertiary/aromatic N) is 1. The van der Waals surface area contributed by atoms with Crippen molar-refractivity contribution in [3.05, 3.63) is 45.0 Å². The van der Waals surface area contributed by atoms with Gasteiger partial charge in [-0.05, 0) is 12.1 Å². The Kier molecular flexibility index (Phi) is 3.28. The molecule has 0 saturated heterocycles. The fraction of sp³-hybridized carbons (Fsp3) is 0.0769. The molecule has 0 aliphatic rings. The maximum absolute atomic E-state index is 13.4. The number of hydrogen-bond acceptors (Lipinski definition) is 2. The summed E-state index contributed by atoms with van der Waals surface area (Å²) in [6.07, 6.45) is 6.31. The average molecular weight is 280 g/mol. The number of terminal acetylenes is 1. The molecule has 1 N–H and O–H groups in total. The van der Waals surface area contributed by atoms with E-state index in [-0.39, 0.29) is 17.0 Å². The Morgan fingerprint density at radius 1 is 1.53 bits per heavy atom. The van der Waals surface area contributed by atoms with Crippen LogP contribution in [-0.4, -0.2) is 15.6 Å². The molecule has 0 spiro atoms. The third-order valence-corrected chi connectivity index (χ3v) is 2.90. The summed E-state index contributed by atoms with van der Waals surface area (Å²) in [6.45, 7) is 0.0407. The standard InChI is InChI=1S/C13H7ClFNO3/c1-2-3-16-6-8(13(18)19)12(17)7-4-10(15)9(14)5-11(7)16/h1,4-6H,3H2,(H,18,19). The lowest BCUT2D eigenvalue weighted by Gasteiger charge is -2.10. The molecule has 0 unspecified atom stereocenters. The van der Waals surface area contributed by atoms with E-state index in [9.17, 15) is 14.0 Å². The van der Waals surface area contributed by atoms with Crippen molar-refractivity contribution in [1.29, 1.82) is 0 Å². The lowest BCUT2D eigenvalue weighted by Crippen LogP contribution is -2.19. The predicted molar refractivity (Wildman–Crippen MR) is 69.0 cm³/mol. The lowest BCUT2D eigenvalue weighted by molar-refractivity contribution is 0.0695.